The van der Waals surface area contributed by atoms with Gasteiger partial charge in [0.15, 0.2) is 6.29 Å². The highest BCUT2D eigenvalue weighted by molar-refractivity contribution is 5.18. The van der Waals surface area contributed by atoms with Crippen LogP contribution in [0.5, 0.6) is 0 Å². The fourth-order valence-electron chi connectivity index (χ4n) is 10.6. The minimum atomic E-state index is -1.09. The van der Waals surface area contributed by atoms with Crippen molar-refractivity contribution < 1.29 is 37.9 Å². The van der Waals surface area contributed by atoms with Gasteiger partial charge in [-0.15, -0.1) is 6.58 Å². The van der Waals surface area contributed by atoms with E-state index in [9.17, 15) is 4.79 Å². The van der Waals surface area contributed by atoms with E-state index in [2.05, 4.69) is 36.1 Å². The standard InChI is InChI=1S/C70H88N4O9/c1-3-5-6-7-8-9-10-11-12-13-14-33-46-63(77-49-57-36-23-16-24-37-57)65(78-50-58-38-25-17-26-39-58)62(74-70(75)73(47-4-2)71-72-74)54-82-69-68(81-53-61-44-31-20-32-45-61)67(80-52-60-42-29-19-30-43-60)66(79-51-59-40-27-18-28-41-59)64(83-69)55-76-48-56-34-21-15-22-35-56/h4,15-32,34-45,62-69H,2-3,5-14,33,46-55H2,1H3/t62-,63+,64+,65-,66-,67-,68+,69-/m0/s1. The van der Waals surface area contributed by atoms with E-state index >= 15 is 0 Å². The lowest BCUT2D eigenvalue weighted by atomic mass is 9.97. The van der Waals surface area contributed by atoms with E-state index < -0.39 is 54.6 Å². The van der Waals surface area contributed by atoms with Crippen molar-refractivity contribution in [2.24, 2.45) is 0 Å². The first kappa shape index (κ1) is 62.7. The van der Waals surface area contributed by atoms with Gasteiger partial charge < -0.3 is 37.9 Å². The summed E-state index contributed by atoms with van der Waals surface area (Å²) in [5, 5.41) is 8.94. The van der Waals surface area contributed by atoms with E-state index in [0.29, 0.717) is 19.6 Å². The molecule has 0 aliphatic carbocycles. The molecule has 2 heterocycles. The minimum absolute atomic E-state index is 0.121. The lowest BCUT2D eigenvalue weighted by Gasteiger charge is -2.46. The molecule has 0 radical (unpaired) electrons. The summed E-state index contributed by atoms with van der Waals surface area (Å²) in [5.41, 5.74) is 5.50. The quantitative estimate of drug-likeness (QED) is 0.0269. The lowest BCUT2D eigenvalue weighted by Crippen LogP contribution is -2.62. The SMILES string of the molecule is C=CCn1nnn([C@@H](CO[C@H]2O[C@H](COCc3ccccc3)[C@H](OCc3ccccc3)[C@H](OCc3ccccc3)[C@H]2OCc2ccccc2)[C@H](OCc2ccccc2)[C@@H](CCCCCCCCCCCCCC)OCc2ccccc2)c1=O. The van der Waals surface area contributed by atoms with Gasteiger partial charge in [-0.1, -0.05) is 272 Å². The number of unbranched alkanes of at least 4 members (excludes halogenated alkanes) is 11. The van der Waals surface area contributed by atoms with Gasteiger partial charge >= 0.3 is 5.69 Å². The second-order valence-corrected chi connectivity index (χ2v) is 21.7. The molecule has 1 aromatic heterocycles. The zero-order valence-corrected chi connectivity index (χ0v) is 48.7. The number of nitrogens with zero attached hydrogens (tertiary/aromatic N) is 4. The Morgan fingerprint density at radius 3 is 1.40 bits per heavy atom. The Bertz CT molecular complexity index is 2840. The molecular formula is C70H88N4O9. The van der Waals surface area contributed by atoms with Crippen molar-refractivity contribution in [3.63, 3.8) is 0 Å². The number of hydrogen-bond donors (Lipinski definition) is 0. The molecule has 83 heavy (non-hydrogen) atoms. The first-order chi connectivity index (χ1) is 41.1. The van der Waals surface area contributed by atoms with Crippen LogP contribution in [0.15, 0.2) is 199 Å². The van der Waals surface area contributed by atoms with Gasteiger partial charge in [-0.2, -0.15) is 9.36 Å². The van der Waals surface area contributed by atoms with E-state index in [1.54, 1.807) is 6.08 Å². The molecule has 6 aromatic carbocycles. The van der Waals surface area contributed by atoms with E-state index in [-0.39, 0.29) is 46.2 Å². The topological polar surface area (TPSA) is 127 Å². The molecular weight excluding hydrogens is 1040 g/mol. The molecule has 13 heteroatoms. The Hall–Kier alpha value is -6.39. The summed E-state index contributed by atoms with van der Waals surface area (Å²) in [5.74, 6) is 0. The van der Waals surface area contributed by atoms with Crippen LogP contribution in [0.2, 0.25) is 0 Å². The molecule has 442 valence electrons. The van der Waals surface area contributed by atoms with E-state index in [1.165, 1.54) is 67.2 Å². The third-order valence-electron chi connectivity index (χ3n) is 15.2. The van der Waals surface area contributed by atoms with Crippen molar-refractivity contribution in [3.8, 4) is 0 Å². The molecule has 0 unspecified atom stereocenters. The van der Waals surface area contributed by atoms with Crippen LogP contribution in [0.4, 0.5) is 0 Å². The second-order valence-electron chi connectivity index (χ2n) is 21.7. The largest absolute Gasteiger partial charge is 0.374 e. The monoisotopic (exact) mass is 1130 g/mol. The Morgan fingerprint density at radius 2 is 0.916 bits per heavy atom. The molecule has 8 atom stereocenters. The molecule has 0 saturated carbocycles. The van der Waals surface area contributed by atoms with Gasteiger partial charge in [0, 0.05) is 0 Å². The number of benzene rings is 6. The fourth-order valence-corrected chi connectivity index (χ4v) is 10.6. The summed E-state index contributed by atoms with van der Waals surface area (Å²) >= 11 is 0. The summed E-state index contributed by atoms with van der Waals surface area (Å²) in [6.45, 7) is 8.02. The number of tetrazole rings is 1. The van der Waals surface area contributed by atoms with Gasteiger partial charge in [0.1, 0.15) is 36.6 Å². The highest BCUT2D eigenvalue weighted by atomic mass is 16.7. The molecule has 1 saturated heterocycles. The van der Waals surface area contributed by atoms with Gasteiger partial charge in [0.2, 0.25) is 0 Å². The van der Waals surface area contributed by atoms with Crippen molar-refractivity contribution in [2.75, 3.05) is 13.2 Å². The average molecular weight is 1130 g/mol. The van der Waals surface area contributed by atoms with Crippen LogP contribution in [-0.2, 0) is 84.1 Å². The van der Waals surface area contributed by atoms with Gasteiger partial charge in [-0.3, -0.25) is 0 Å². The zero-order valence-electron chi connectivity index (χ0n) is 48.7. The summed E-state index contributed by atoms with van der Waals surface area (Å²) in [4.78, 5) is 14.7. The molecule has 0 amide bonds. The maximum Gasteiger partial charge on any atom is 0.364 e. The number of allylic oxidation sites excluding steroid dienone is 1. The van der Waals surface area contributed by atoms with Crippen molar-refractivity contribution in [2.45, 2.75) is 186 Å². The first-order valence-corrected chi connectivity index (χ1v) is 30.4. The van der Waals surface area contributed by atoms with Gasteiger partial charge in [-0.05, 0) is 50.2 Å². The van der Waals surface area contributed by atoms with Crippen LogP contribution >= 0.6 is 0 Å². The molecule has 1 aliphatic heterocycles. The summed E-state index contributed by atoms with van der Waals surface area (Å²) in [7, 11) is 0. The van der Waals surface area contributed by atoms with Gasteiger partial charge in [0.25, 0.3) is 0 Å². The third-order valence-corrected chi connectivity index (χ3v) is 15.2. The lowest BCUT2D eigenvalue weighted by molar-refractivity contribution is -0.331. The predicted octanol–water partition coefficient (Wildman–Crippen LogP) is 14.1. The van der Waals surface area contributed by atoms with E-state index in [4.69, 9.17) is 37.9 Å². The Balaban J connectivity index is 1.14. The van der Waals surface area contributed by atoms with Crippen molar-refractivity contribution in [1.29, 1.82) is 0 Å². The minimum Gasteiger partial charge on any atom is -0.374 e. The van der Waals surface area contributed by atoms with Crippen LogP contribution < -0.4 is 5.69 Å². The van der Waals surface area contributed by atoms with Crippen LogP contribution in [0.25, 0.3) is 0 Å². The summed E-state index contributed by atoms with van der Waals surface area (Å²) < 4.78 is 59.0. The molecule has 0 bridgehead atoms. The average Bonchev–Trinajstić information content (AvgIpc) is 4.15. The van der Waals surface area contributed by atoms with Crippen molar-refractivity contribution in [1.82, 2.24) is 19.8 Å². The number of hydrogen-bond acceptors (Lipinski definition) is 11. The van der Waals surface area contributed by atoms with E-state index in [0.717, 1.165) is 52.6 Å². The maximum atomic E-state index is 14.7. The molecule has 13 nitrogen and oxygen atoms in total. The molecule has 7 aromatic rings. The van der Waals surface area contributed by atoms with Crippen LogP contribution in [0, 0.1) is 0 Å². The van der Waals surface area contributed by atoms with Gasteiger partial charge in [0.05, 0.1) is 65.5 Å². The van der Waals surface area contributed by atoms with Gasteiger partial charge in [-0.25, -0.2) is 4.79 Å². The Kier molecular flexibility index (Phi) is 27.4. The van der Waals surface area contributed by atoms with E-state index in [1.807, 2.05) is 170 Å². The summed E-state index contributed by atoms with van der Waals surface area (Å²) in [6, 6.07) is 59.6. The fraction of sp³-hybridized carbons (Fsp3) is 0.443. The Labute approximate surface area is 492 Å². The molecule has 1 fully saturated rings. The molecule has 0 spiro atoms. The first-order valence-electron chi connectivity index (χ1n) is 30.4. The van der Waals surface area contributed by atoms with Crippen molar-refractivity contribution >= 4 is 0 Å². The van der Waals surface area contributed by atoms with Crippen LogP contribution in [0.3, 0.4) is 0 Å². The van der Waals surface area contributed by atoms with Crippen molar-refractivity contribution in [3.05, 3.63) is 239 Å². The number of rotatable bonds is 40. The molecule has 1 aliphatic rings. The number of aromatic nitrogens is 4. The maximum absolute atomic E-state index is 14.7. The molecule has 0 N–H and O–H groups in total. The zero-order chi connectivity index (χ0) is 57.4. The third kappa shape index (κ3) is 21.0. The highest BCUT2D eigenvalue weighted by Crippen LogP contribution is 2.34. The van der Waals surface area contributed by atoms with Crippen LogP contribution in [0.1, 0.15) is 130 Å². The molecule has 8 rings (SSSR count). The normalized spacial score (nSPS) is 18.2. The predicted molar refractivity (Wildman–Crippen MR) is 325 cm³/mol. The number of ether oxygens (including phenoxy) is 8. The summed E-state index contributed by atoms with van der Waals surface area (Å²) in [6.07, 6.45) is 11.6. The Morgan fingerprint density at radius 1 is 0.494 bits per heavy atom. The van der Waals surface area contributed by atoms with Crippen LogP contribution in [-0.4, -0.2) is 75.9 Å². The second kappa shape index (κ2) is 36.3. The smallest absolute Gasteiger partial charge is 0.364 e. The highest BCUT2D eigenvalue weighted by Gasteiger charge is 2.50.